The van der Waals surface area contributed by atoms with Crippen LogP contribution in [0.25, 0.3) is 0 Å². The summed E-state index contributed by atoms with van der Waals surface area (Å²) in [5.74, 6) is 1.08. The molecular weight excluding hydrogens is 254 g/mol. The van der Waals surface area contributed by atoms with E-state index in [9.17, 15) is 4.79 Å². The van der Waals surface area contributed by atoms with Crippen LogP contribution in [-0.2, 0) is 16.0 Å². The van der Waals surface area contributed by atoms with Gasteiger partial charge in [0.2, 0.25) is 5.91 Å². The molecule has 0 spiro atoms. The number of pyridine rings is 1. The molecule has 1 aliphatic rings. The quantitative estimate of drug-likeness (QED) is 0.883. The van der Waals surface area contributed by atoms with Gasteiger partial charge >= 0.3 is 0 Å². The van der Waals surface area contributed by atoms with Crippen LogP contribution in [0.5, 0.6) is 0 Å². The molecule has 1 aromatic heterocycles. The van der Waals surface area contributed by atoms with Crippen LogP contribution in [-0.4, -0.2) is 43.2 Å². The van der Waals surface area contributed by atoms with E-state index < -0.39 is 0 Å². The van der Waals surface area contributed by atoms with Crippen molar-refractivity contribution in [2.75, 3.05) is 31.2 Å². The number of nitrogens with one attached hydrogen (secondary N) is 1. The third-order valence-corrected chi connectivity index (χ3v) is 3.24. The minimum Gasteiger partial charge on any atom is -0.378 e. The van der Waals surface area contributed by atoms with Gasteiger partial charge in [0.05, 0.1) is 13.2 Å². The Hall–Kier alpha value is -1.62. The van der Waals surface area contributed by atoms with Gasteiger partial charge in [-0.25, -0.2) is 4.98 Å². The number of hydrogen-bond acceptors (Lipinski definition) is 4. The molecule has 1 N–H and O–H groups in total. The second-order valence-corrected chi connectivity index (χ2v) is 5.34. The first kappa shape index (κ1) is 14.8. The normalized spacial score (nSPS) is 15.4. The van der Waals surface area contributed by atoms with Crippen molar-refractivity contribution in [3.05, 3.63) is 23.9 Å². The van der Waals surface area contributed by atoms with Crippen molar-refractivity contribution in [1.29, 1.82) is 0 Å². The van der Waals surface area contributed by atoms with E-state index in [1.165, 1.54) is 0 Å². The van der Waals surface area contributed by atoms with Gasteiger partial charge in [0, 0.05) is 31.7 Å². The summed E-state index contributed by atoms with van der Waals surface area (Å²) in [6.45, 7) is 7.21. The average molecular weight is 277 g/mol. The van der Waals surface area contributed by atoms with Gasteiger partial charge in [0.25, 0.3) is 0 Å². The zero-order chi connectivity index (χ0) is 14.4. The minimum atomic E-state index is 0.102. The van der Waals surface area contributed by atoms with Crippen LogP contribution in [0.15, 0.2) is 18.3 Å². The van der Waals surface area contributed by atoms with Crippen molar-refractivity contribution in [3.8, 4) is 0 Å². The highest BCUT2D eigenvalue weighted by atomic mass is 16.5. The fourth-order valence-electron chi connectivity index (χ4n) is 2.23. The Labute approximate surface area is 120 Å². The lowest BCUT2D eigenvalue weighted by Gasteiger charge is -2.28. The number of rotatable bonds is 5. The van der Waals surface area contributed by atoms with E-state index in [4.69, 9.17) is 4.74 Å². The van der Waals surface area contributed by atoms with Gasteiger partial charge in [-0.05, 0) is 38.0 Å². The molecule has 0 aromatic carbocycles. The maximum Gasteiger partial charge on any atom is 0.220 e. The number of aromatic nitrogens is 1. The number of hydrogen-bond donors (Lipinski definition) is 1. The highest BCUT2D eigenvalue weighted by Gasteiger charge is 2.12. The van der Waals surface area contributed by atoms with E-state index in [1.807, 2.05) is 26.1 Å². The Morgan fingerprint density at radius 2 is 2.20 bits per heavy atom. The maximum absolute atomic E-state index is 11.7. The first-order chi connectivity index (χ1) is 9.65. The highest BCUT2D eigenvalue weighted by molar-refractivity contribution is 5.76. The molecule has 5 heteroatoms. The van der Waals surface area contributed by atoms with Crippen LogP contribution in [0.2, 0.25) is 0 Å². The standard InChI is InChI=1S/C15H23N3O2/c1-12(2)17-15(19)4-3-13-5-6-16-14(11-13)18-7-9-20-10-8-18/h5-6,11-12H,3-4,7-10H2,1-2H3,(H,17,19). The zero-order valence-electron chi connectivity index (χ0n) is 12.3. The lowest BCUT2D eigenvalue weighted by atomic mass is 10.1. The molecule has 0 saturated carbocycles. The van der Waals surface area contributed by atoms with Crippen LogP contribution < -0.4 is 10.2 Å². The van der Waals surface area contributed by atoms with Crippen molar-refractivity contribution in [2.24, 2.45) is 0 Å². The van der Waals surface area contributed by atoms with E-state index in [0.717, 1.165) is 44.1 Å². The minimum absolute atomic E-state index is 0.102. The van der Waals surface area contributed by atoms with Crippen LogP contribution >= 0.6 is 0 Å². The second-order valence-electron chi connectivity index (χ2n) is 5.34. The maximum atomic E-state index is 11.7. The Bertz CT molecular complexity index is 442. The van der Waals surface area contributed by atoms with Gasteiger partial charge in [0.1, 0.15) is 5.82 Å². The molecule has 1 amide bonds. The molecule has 0 unspecified atom stereocenters. The Morgan fingerprint density at radius 1 is 1.45 bits per heavy atom. The topological polar surface area (TPSA) is 54.5 Å². The van der Waals surface area contributed by atoms with Crippen LogP contribution in [0, 0.1) is 0 Å². The molecular formula is C15H23N3O2. The number of carbonyl (C=O) groups excluding carboxylic acids is 1. The number of amides is 1. The summed E-state index contributed by atoms with van der Waals surface area (Å²) in [6, 6.07) is 4.25. The third kappa shape index (κ3) is 4.49. The first-order valence-corrected chi connectivity index (χ1v) is 7.22. The number of ether oxygens (including phenoxy) is 1. The zero-order valence-corrected chi connectivity index (χ0v) is 12.3. The second kappa shape index (κ2) is 7.24. The molecule has 2 heterocycles. The monoisotopic (exact) mass is 277 g/mol. The fourth-order valence-corrected chi connectivity index (χ4v) is 2.23. The summed E-state index contributed by atoms with van der Waals surface area (Å²) < 4.78 is 5.34. The molecule has 1 saturated heterocycles. The lowest BCUT2D eigenvalue weighted by molar-refractivity contribution is -0.121. The van der Waals surface area contributed by atoms with Gasteiger partial charge < -0.3 is 15.0 Å². The molecule has 0 bridgehead atoms. The summed E-state index contributed by atoms with van der Waals surface area (Å²) in [4.78, 5) is 18.3. The first-order valence-electron chi connectivity index (χ1n) is 7.22. The van der Waals surface area contributed by atoms with E-state index in [-0.39, 0.29) is 11.9 Å². The molecule has 110 valence electrons. The summed E-state index contributed by atoms with van der Waals surface area (Å²) >= 11 is 0. The third-order valence-electron chi connectivity index (χ3n) is 3.24. The van der Waals surface area contributed by atoms with E-state index in [1.54, 1.807) is 0 Å². The molecule has 2 rings (SSSR count). The predicted octanol–water partition coefficient (Wildman–Crippen LogP) is 1.38. The highest BCUT2D eigenvalue weighted by Crippen LogP contribution is 2.15. The fraction of sp³-hybridized carbons (Fsp3) is 0.600. The van der Waals surface area contributed by atoms with E-state index in [0.29, 0.717) is 6.42 Å². The van der Waals surface area contributed by atoms with Crippen molar-refractivity contribution in [1.82, 2.24) is 10.3 Å². The largest absolute Gasteiger partial charge is 0.378 e. The molecule has 5 nitrogen and oxygen atoms in total. The average Bonchev–Trinajstić information content (AvgIpc) is 2.46. The van der Waals surface area contributed by atoms with Crippen molar-refractivity contribution in [2.45, 2.75) is 32.7 Å². The summed E-state index contributed by atoms with van der Waals surface area (Å²) in [5.41, 5.74) is 1.15. The van der Waals surface area contributed by atoms with Crippen LogP contribution in [0.1, 0.15) is 25.8 Å². The smallest absolute Gasteiger partial charge is 0.220 e. The van der Waals surface area contributed by atoms with Crippen molar-refractivity contribution >= 4 is 11.7 Å². The number of morpholine rings is 1. The van der Waals surface area contributed by atoms with Crippen molar-refractivity contribution in [3.63, 3.8) is 0 Å². The molecule has 1 aromatic rings. The SMILES string of the molecule is CC(C)NC(=O)CCc1ccnc(N2CCOCC2)c1. The van der Waals surface area contributed by atoms with Crippen molar-refractivity contribution < 1.29 is 9.53 Å². The molecule has 1 fully saturated rings. The molecule has 1 aliphatic heterocycles. The summed E-state index contributed by atoms with van der Waals surface area (Å²) in [6.07, 6.45) is 3.09. The summed E-state index contributed by atoms with van der Waals surface area (Å²) in [7, 11) is 0. The van der Waals surface area contributed by atoms with Crippen LogP contribution in [0.3, 0.4) is 0 Å². The van der Waals surface area contributed by atoms with Gasteiger partial charge in [-0.3, -0.25) is 4.79 Å². The number of carbonyl (C=O) groups is 1. The van der Waals surface area contributed by atoms with Gasteiger partial charge in [-0.15, -0.1) is 0 Å². The Morgan fingerprint density at radius 3 is 2.90 bits per heavy atom. The molecule has 20 heavy (non-hydrogen) atoms. The molecule has 0 atom stereocenters. The Balaban J connectivity index is 1.90. The van der Waals surface area contributed by atoms with Gasteiger partial charge in [-0.1, -0.05) is 0 Å². The van der Waals surface area contributed by atoms with E-state index >= 15 is 0 Å². The number of anilines is 1. The van der Waals surface area contributed by atoms with E-state index in [2.05, 4.69) is 21.3 Å². The number of nitrogens with zero attached hydrogens (tertiary/aromatic N) is 2. The number of aryl methyl sites for hydroxylation is 1. The van der Waals surface area contributed by atoms with Crippen LogP contribution in [0.4, 0.5) is 5.82 Å². The molecule has 0 radical (unpaired) electrons. The lowest BCUT2D eigenvalue weighted by Crippen LogP contribution is -2.36. The predicted molar refractivity (Wildman–Crippen MR) is 78.9 cm³/mol. The van der Waals surface area contributed by atoms with Gasteiger partial charge in [-0.2, -0.15) is 0 Å². The summed E-state index contributed by atoms with van der Waals surface area (Å²) in [5, 5.41) is 2.91. The molecule has 0 aliphatic carbocycles. The Kier molecular flexibility index (Phi) is 5.35. The van der Waals surface area contributed by atoms with Gasteiger partial charge in [0.15, 0.2) is 0 Å².